The van der Waals surface area contributed by atoms with Gasteiger partial charge in [0.1, 0.15) is 17.7 Å². The number of hydrogen-bond donors (Lipinski definition) is 1. The average Bonchev–Trinajstić information content (AvgIpc) is 3.08. The molecule has 0 unspecified atom stereocenters. The Hall–Kier alpha value is -2.77. The molecule has 1 N–H and O–H groups in total. The standard InChI is InChI=1S/C20H27N3O5/c1-19(2,3)28-17(25)22-11-9-20(14-22)16(24)21-10-12-23(20)18(26)27-13-15-7-5-4-6-8-15/h4-8H,9-14H2,1-3H3,(H,21,24)/t20-/m0/s1. The fraction of sp³-hybridized carbons (Fsp3) is 0.550. The van der Waals surface area contributed by atoms with Crippen LogP contribution in [0.15, 0.2) is 30.3 Å². The first-order chi connectivity index (χ1) is 13.2. The quantitative estimate of drug-likeness (QED) is 0.837. The van der Waals surface area contributed by atoms with Crippen LogP contribution in [0.2, 0.25) is 0 Å². The molecular formula is C20H27N3O5. The fourth-order valence-corrected chi connectivity index (χ4v) is 3.53. The molecule has 8 nitrogen and oxygen atoms in total. The molecule has 2 heterocycles. The Bertz CT molecular complexity index is 746. The zero-order valence-electron chi connectivity index (χ0n) is 16.6. The summed E-state index contributed by atoms with van der Waals surface area (Å²) in [6, 6.07) is 9.36. The van der Waals surface area contributed by atoms with Gasteiger partial charge in [0, 0.05) is 19.6 Å². The van der Waals surface area contributed by atoms with Gasteiger partial charge in [-0.05, 0) is 32.8 Å². The van der Waals surface area contributed by atoms with Gasteiger partial charge in [0.2, 0.25) is 5.91 Å². The van der Waals surface area contributed by atoms with Crippen molar-refractivity contribution in [3.05, 3.63) is 35.9 Å². The summed E-state index contributed by atoms with van der Waals surface area (Å²) in [5, 5.41) is 2.81. The normalized spacial score (nSPS) is 22.2. The number of nitrogens with one attached hydrogen (secondary N) is 1. The van der Waals surface area contributed by atoms with Gasteiger partial charge in [-0.25, -0.2) is 9.59 Å². The Morgan fingerprint density at radius 3 is 2.54 bits per heavy atom. The maximum absolute atomic E-state index is 12.8. The second kappa shape index (κ2) is 7.69. The first-order valence-corrected chi connectivity index (χ1v) is 9.46. The third-order valence-electron chi connectivity index (χ3n) is 4.89. The molecule has 2 aliphatic rings. The predicted octanol–water partition coefficient (Wildman–Crippen LogP) is 2.13. The van der Waals surface area contributed by atoms with Gasteiger partial charge >= 0.3 is 12.2 Å². The van der Waals surface area contributed by atoms with Crippen LogP contribution in [0, 0.1) is 0 Å². The number of ether oxygens (including phenoxy) is 2. The Morgan fingerprint density at radius 2 is 1.86 bits per heavy atom. The highest BCUT2D eigenvalue weighted by molar-refractivity contribution is 5.92. The van der Waals surface area contributed by atoms with E-state index in [1.165, 1.54) is 9.80 Å². The molecule has 0 radical (unpaired) electrons. The van der Waals surface area contributed by atoms with E-state index in [4.69, 9.17) is 9.47 Å². The third-order valence-corrected chi connectivity index (χ3v) is 4.89. The maximum atomic E-state index is 12.8. The average molecular weight is 389 g/mol. The van der Waals surface area contributed by atoms with E-state index in [2.05, 4.69) is 5.32 Å². The SMILES string of the molecule is CC(C)(C)OC(=O)N1CC[C@]2(C1)C(=O)NCCN2C(=O)OCc1ccccc1. The van der Waals surface area contributed by atoms with Crippen LogP contribution in [-0.2, 0) is 20.9 Å². The topological polar surface area (TPSA) is 88.2 Å². The molecule has 2 aliphatic heterocycles. The molecule has 1 aromatic carbocycles. The molecule has 8 heteroatoms. The lowest BCUT2D eigenvalue weighted by molar-refractivity contribution is -0.135. The Morgan fingerprint density at radius 1 is 1.14 bits per heavy atom. The molecule has 0 bridgehead atoms. The van der Waals surface area contributed by atoms with Crippen LogP contribution in [0.4, 0.5) is 9.59 Å². The molecule has 28 heavy (non-hydrogen) atoms. The molecule has 2 fully saturated rings. The van der Waals surface area contributed by atoms with Gasteiger partial charge in [-0.15, -0.1) is 0 Å². The molecular weight excluding hydrogens is 362 g/mol. The Labute approximate surface area is 164 Å². The fourth-order valence-electron chi connectivity index (χ4n) is 3.53. The number of likely N-dealkylation sites (tertiary alicyclic amines) is 1. The number of rotatable bonds is 2. The van der Waals surface area contributed by atoms with Crippen molar-refractivity contribution in [1.82, 2.24) is 15.1 Å². The summed E-state index contributed by atoms with van der Waals surface area (Å²) in [6.45, 7) is 6.61. The van der Waals surface area contributed by atoms with Crippen molar-refractivity contribution in [2.45, 2.75) is 44.9 Å². The number of nitrogens with zero attached hydrogens (tertiary/aromatic N) is 2. The molecule has 0 saturated carbocycles. The molecule has 3 amide bonds. The summed E-state index contributed by atoms with van der Waals surface area (Å²) in [7, 11) is 0. The molecule has 0 aromatic heterocycles. The van der Waals surface area contributed by atoms with E-state index in [0.717, 1.165) is 5.56 Å². The van der Waals surface area contributed by atoms with E-state index in [0.29, 0.717) is 26.1 Å². The summed E-state index contributed by atoms with van der Waals surface area (Å²) >= 11 is 0. The minimum Gasteiger partial charge on any atom is -0.445 e. The van der Waals surface area contributed by atoms with E-state index in [-0.39, 0.29) is 19.1 Å². The number of benzene rings is 1. The molecule has 2 saturated heterocycles. The highest BCUT2D eigenvalue weighted by Gasteiger charge is 2.54. The summed E-state index contributed by atoms with van der Waals surface area (Å²) in [5.74, 6) is -0.263. The van der Waals surface area contributed by atoms with Crippen molar-refractivity contribution in [1.29, 1.82) is 0 Å². The monoisotopic (exact) mass is 389 g/mol. The number of amides is 3. The Kier molecular flexibility index (Phi) is 5.49. The van der Waals surface area contributed by atoms with Gasteiger partial charge in [0.25, 0.3) is 0 Å². The predicted molar refractivity (Wildman–Crippen MR) is 101 cm³/mol. The van der Waals surface area contributed by atoms with Crippen LogP contribution < -0.4 is 5.32 Å². The van der Waals surface area contributed by atoms with Crippen molar-refractivity contribution < 1.29 is 23.9 Å². The minimum atomic E-state index is -1.12. The zero-order valence-corrected chi connectivity index (χ0v) is 16.6. The number of piperazine rings is 1. The number of carbonyl (C=O) groups excluding carboxylic acids is 3. The zero-order chi connectivity index (χ0) is 20.4. The third kappa shape index (κ3) is 4.21. The van der Waals surface area contributed by atoms with Crippen LogP contribution in [0.5, 0.6) is 0 Å². The molecule has 1 spiro atoms. The minimum absolute atomic E-state index is 0.0915. The van der Waals surface area contributed by atoms with Crippen LogP contribution in [0.25, 0.3) is 0 Å². The van der Waals surface area contributed by atoms with Gasteiger partial charge in [-0.2, -0.15) is 0 Å². The van der Waals surface area contributed by atoms with E-state index < -0.39 is 23.3 Å². The second-order valence-electron chi connectivity index (χ2n) is 8.13. The van der Waals surface area contributed by atoms with E-state index in [1.54, 1.807) is 20.8 Å². The summed E-state index contributed by atoms with van der Waals surface area (Å²) < 4.78 is 10.9. The first kappa shape index (κ1) is 20.0. The molecule has 1 atom stereocenters. The smallest absolute Gasteiger partial charge is 0.411 e. The second-order valence-corrected chi connectivity index (χ2v) is 8.13. The Balaban J connectivity index is 1.71. The van der Waals surface area contributed by atoms with E-state index in [9.17, 15) is 14.4 Å². The lowest BCUT2D eigenvalue weighted by atomic mass is 9.93. The highest BCUT2D eigenvalue weighted by atomic mass is 16.6. The van der Waals surface area contributed by atoms with Crippen LogP contribution in [0.3, 0.4) is 0 Å². The van der Waals surface area contributed by atoms with Crippen molar-refractivity contribution >= 4 is 18.1 Å². The molecule has 1 aromatic rings. The summed E-state index contributed by atoms with van der Waals surface area (Å²) in [4.78, 5) is 40.8. The van der Waals surface area contributed by atoms with Gasteiger partial charge in [-0.3, -0.25) is 9.69 Å². The van der Waals surface area contributed by atoms with Crippen LogP contribution in [-0.4, -0.2) is 65.2 Å². The molecule has 0 aliphatic carbocycles. The highest BCUT2D eigenvalue weighted by Crippen LogP contribution is 2.32. The summed E-state index contributed by atoms with van der Waals surface area (Å²) in [6.07, 6.45) is -0.691. The summed E-state index contributed by atoms with van der Waals surface area (Å²) in [5.41, 5.74) is -0.882. The van der Waals surface area contributed by atoms with Crippen molar-refractivity contribution in [3.8, 4) is 0 Å². The van der Waals surface area contributed by atoms with Crippen molar-refractivity contribution in [2.75, 3.05) is 26.2 Å². The van der Waals surface area contributed by atoms with E-state index in [1.807, 2.05) is 30.3 Å². The maximum Gasteiger partial charge on any atom is 0.411 e. The molecule has 3 rings (SSSR count). The first-order valence-electron chi connectivity index (χ1n) is 9.46. The van der Waals surface area contributed by atoms with Crippen molar-refractivity contribution in [3.63, 3.8) is 0 Å². The van der Waals surface area contributed by atoms with Gasteiger partial charge in [0.15, 0.2) is 0 Å². The van der Waals surface area contributed by atoms with Gasteiger partial charge < -0.3 is 19.7 Å². The van der Waals surface area contributed by atoms with Gasteiger partial charge in [-0.1, -0.05) is 30.3 Å². The number of hydrogen-bond acceptors (Lipinski definition) is 5. The lowest BCUT2D eigenvalue weighted by Gasteiger charge is -2.42. The van der Waals surface area contributed by atoms with Gasteiger partial charge in [0.05, 0.1) is 6.54 Å². The largest absolute Gasteiger partial charge is 0.445 e. The molecule has 152 valence electrons. The lowest BCUT2D eigenvalue weighted by Crippen LogP contribution is -2.67. The van der Waals surface area contributed by atoms with Crippen LogP contribution in [0.1, 0.15) is 32.8 Å². The van der Waals surface area contributed by atoms with E-state index >= 15 is 0 Å². The van der Waals surface area contributed by atoms with Crippen LogP contribution >= 0.6 is 0 Å². The van der Waals surface area contributed by atoms with Crippen molar-refractivity contribution in [2.24, 2.45) is 0 Å². The number of carbonyl (C=O) groups is 3.